The number of nitrogens with zero attached hydrogens (tertiary/aromatic N) is 4. The number of amides is 2. The third kappa shape index (κ3) is 5.22. The maximum Gasteiger partial charge on any atom is 0.283 e. The van der Waals surface area contributed by atoms with Crippen LogP contribution in [-0.2, 0) is 16.2 Å². The van der Waals surface area contributed by atoms with E-state index < -0.39 is 5.91 Å². The topological polar surface area (TPSA) is 98.4 Å². The predicted octanol–water partition coefficient (Wildman–Crippen LogP) is 4.86. The van der Waals surface area contributed by atoms with Gasteiger partial charge in [0.05, 0.1) is 17.0 Å². The van der Waals surface area contributed by atoms with Gasteiger partial charge in [-0.15, -0.1) is 0 Å². The molecule has 0 atom stereocenters. The summed E-state index contributed by atoms with van der Waals surface area (Å²) >= 11 is 7.59. The number of hydrazone groups is 1. The third-order valence-corrected chi connectivity index (χ3v) is 7.21. The van der Waals surface area contributed by atoms with Gasteiger partial charge in [-0.3, -0.25) is 15.0 Å². The van der Waals surface area contributed by atoms with Crippen molar-refractivity contribution in [2.45, 2.75) is 32.8 Å². The minimum atomic E-state index is -0.531. The molecule has 0 aliphatic carbocycles. The highest BCUT2D eigenvalue weighted by molar-refractivity contribution is 8.27. The largest absolute Gasteiger partial charge is 0.487 e. The van der Waals surface area contributed by atoms with E-state index in [0.29, 0.717) is 33.2 Å². The number of nitrogens with one attached hydrogen (secondary N) is 1. The van der Waals surface area contributed by atoms with Crippen LogP contribution in [0, 0.1) is 12.3 Å². The zero-order valence-electron chi connectivity index (χ0n) is 19.7. The number of benzene rings is 2. The number of likely N-dealkylation sites (tertiary alicyclic amines) is 1. The number of carbonyl (C=O) groups excluding carboxylic acids is 2. The molecule has 2 amide bonds. The van der Waals surface area contributed by atoms with Gasteiger partial charge in [0, 0.05) is 13.1 Å². The zero-order valence-corrected chi connectivity index (χ0v) is 21.2. The second kappa shape index (κ2) is 10.3. The first kappa shape index (κ1) is 24.3. The molecule has 2 aromatic carbocycles. The highest BCUT2D eigenvalue weighted by Crippen LogP contribution is 2.31. The molecule has 0 spiro atoms. The van der Waals surface area contributed by atoms with Crippen LogP contribution in [0.3, 0.4) is 0 Å². The number of aryl methyl sites for hydroxylation is 1. The van der Waals surface area contributed by atoms with Crippen molar-refractivity contribution in [3.63, 3.8) is 0 Å². The predicted molar refractivity (Wildman–Crippen MR) is 142 cm³/mol. The summed E-state index contributed by atoms with van der Waals surface area (Å²) in [6.45, 7) is 3.94. The maximum atomic E-state index is 12.7. The van der Waals surface area contributed by atoms with Crippen molar-refractivity contribution in [3.05, 3.63) is 69.8 Å². The summed E-state index contributed by atoms with van der Waals surface area (Å²) in [7, 11) is 0. The number of fused-ring (bicyclic) bond motifs is 1. The Morgan fingerprint density at radius 2 is 2.03 bits per heavy atom. The number of aliphatic imine (C=N–C) groups is 1. The van der Waals surface area contributed by atoms with Crippen LogP contribution >= 0.6 is 23.4 Å². The molecule has 3 aliphatic heterocycles. The Hall–Kier alpha value is -3.43. The lowest BCUT2D eigenvalue weighted by atomic mass is 10.1. The molecule has 36 heavy (non-hydrogen) atoms. The Labute approximate surface area is 218 Å². The first-order valence-corrected chi connectivity index (χ1v) is 12.8. The number of hydrogen-bond acceptors (Lipinski definition) is 6. The van der Waals surface area contributed by atoms with Crippen LogP contribution in [0.25, 0.3) is 6.08 Å². The molecule has 1 N–H and O–H groups in total. The minimum Gasteiger partial charge on any atom is -0.487 e. The summed E-state index contributed by atoms with van der Waals surface area (Å²) in [5.74, 6) is -0.0836. The van der Waals surface area contributed by atoms with Gasteiger partial charge in [0.2, 0.25) is 11.1 Å². The van der Waals surface area contributed by atoms with E-state index in [9.17, 15) is 9.59 Å². The number of amidine groups is 2. The number of carbonyl (C=O) groups is 2. The smallest absolute Gasteiger partial charge is 0.283 e. The number of ether oxygens (including phenoxy) is 1. The lowest BCUT2D eigenvalue weighted by Crippen LogP contribution is -2.35. The molecule has 3 aliphatic rings. The number of rotatable bonds is 6. The highest BCUT2D eigenvalue weighted by Gasteiger charge is 2.36. The number of hydrogen-bond donors (Lipinski definition) is 1. The normalized spacial score (nSPS) is 18.4. The van der Waals surface area contributed by atoms with Crippen molar-refractivity contribution in [2.24, 2.45) is 10.1 Å². The summed E-state index contributed by atoms with van der Waals surface area (Å²) in [6, 6.07) is 13.2. The Balaban J connectivity index is 1.29. The van der Waals surface area contributed by atoms with Crippen molar-refractivity contribution >= 4 is 57.3 Å². The Morgan fingerprint density at radius 3 is 2.78 bits per heavy atom. The van der Waals surface area contributed by atoms with Crippen molar-refractivity contribution < 1.29 is 14.3 Å². The van der Waals surface area contributed by atoms with Crippen LogP contribution in [0.5, 0.6) is 5.75 Å². The lowest BCUT2D eigenvalue weighted by molar-refractivity contribution is -0.128. The van der Waals surface area contributed by atoms with Gasteiger partial charge in [-0.25, -0.2) is 0 Å². The van der Waals surface area contributed by atoms with E-state index in [-0.39, 0.29) is 23.7 Å². The lowest BCUT2D eigenvalue weighted by Gasteiger charge is -2.20. The second-order valence-corrected chi connectivity index (χ2v) is 10.2. The first-order chi connectivity index (χ1) is 17.4. The van der Waals surface area contributed by atoms with E-state index in [0.717, 1.165) is 48.8 Å². The van der Waals surface area contributed by atoms with Crippen LogP contribution in [-0.4, -0.2) is 50.9 Å². The van der Waals surface area contributed by atoms with Gasteiger partial charge < -0.3 is 9.64 Å². The average molecular weight is 522 g/mol. The van der Waals surface area contributed by atoms with Crippen LogP contribution in [0.2, 0.25) is 5.02 Å². The molecule has 10 heteroatoms. The SMILES string of the molecule is Cc1cccc(COc2ccc(/C=C3/C(=N)N4N=C(CC(=O)N5CCCC5)SC4=NC3=O)cc2Cl)c1. The average Bonchev–Trinajstić information content (AvgIpc) is 3.52. The summed E-state index contributed by atoms with van der Waals surface area (Å²) in [5, 5.41) is 15.5. The molecule has 8 nitrogen and oxygen atoms in total. The fourth-order valence-corrected chi connectivity index (χ4v) is 5.28. The van der Waals surface area contributed by atoms with Gasteiger partial charge in [-0.2, -0.15) is 15.1 Å². The third-order valence-electron chi connectivity index (χ3n) is 6.00. The van der Waals surface area contributed by atoms with Crippen LogP contribution in [0.1, 0.15) is 36.0 Å². The fourth-order valence-electron chi connectivity index (χ4n) is 4.16. The fraction of sp³-hybridized carbons (Fsp3) is 0.269. The van der Waals surface area contributed by atoms with Gasteiger partial charge >= 0.3 is 0 Å². The van der Waals surface area contributed by atoms with E-state index >= 15 is 0 Å². The van der Waals surface area contributed by atoms with Gasteiger partial charge in [0.15, 0.2) is 5.84 Å². The van der Waals surface area contributed by atoms with Crippen LogP contribution in [0.15, 0.2) is 58.1 Å². The molecular formula is C26H24ClN5O3S. The van der Waals surface area contributed by atoms with Crippen LogP contribution < -0.4 is 4.74 Å². The van der Waals surface area contributed by atoms with Crippen LogP contribution in [0.4, 0.5) is 0 Å². The Kier molecular flexibility index (Phi) is 6.93. The number of halogens is 1. The van der Waals surface area contributed by atoms with Gasteiger partial charge in [-0.1, -0.05) is 47.5 Å². The molecule has 3 heterocycles. The zero-order chi connectivity index (χ0) is 25.2. The molecule has 0 bridgehead atoms. The van der Waals surface area contributed by atoms with Crippen molar-refractivity contribution in [3.8, 4) is 5.75 Å². The van der Waals surface area contributed by atoms with E-state index in [1.165, 1.54) is 5.01 Å². The van der Waals surface area contributed by atoms with Gasteiger partial charge in [0.25, 0.3) is 5.91 Å². The Morgan fingerprint density at radius 1 is 1.22 bits per heavy atom. The molecule has 0 aromatic heterocycles. The van der Waals surface area contributed by atoms with E-state index in [1.807, 2.05) is 30.0 Å². The molecular weight excluding hydrogens is 498 g/mol. The van der Waals surface area contributed by atoms with E-state index in [2.05, 4.69) is 16.2 Å². The molecule has 5 rings (SSSR count). The standard InChI is InChI=1S/C26H24ClN5O3S/c1-16-5-4-6-18(11-16)15-35-21-8-7-17(13-20(21)27)12-19-24(28)32-26(29-25(19)34)36-22(30-32)14-23(33)31-9-2-3-10-31/h4-8,11-13,28H,2-3,9-10,14-15H2,1H3/b19-12-,28-24?. The van der Waals surface area contributed by atoms with E-state index in [1.54, 1.807) is 24.3 Å². The van der Waals surface area contributed by atoms with Gasteiger partial charge in [0.1, 0.15) is 17.4 Å². The quantitative estimate of drug-likeness (QED) is 0.547. The highest BCUT2D eigenvalue weighted by atomic mass is 35.5. The van der Waals surface area contributed by atoms with Crippen molar-refractivity contribution in [1.29, 1.82) is 5.41 Å². The molecule has 0 unspecified atom stereocenters. The molecule has 1 saturated heterocycles. The second-order valence-electron chi connectivity index (χ2n) is 8.75. The summed E-state index contributed by atoms with van der Waals surface area (Å²) in [4.78, 5) is 31.1. The van der Waals surface area contributed by atoms with Gasteiger partial charge in [-0.05, 0) is 60.9 Å². The molecule has 1 fully saturated rings. The first-order valence-electron chi connectivity index (χ1n) is 11.6. The molecule has 184 valence electrons. The number of thioether (sulfide) groups is 1. The van der Waals surface area contributed by atoms with Crippen molar-refractivity contribution in [1.82, 2.24) is 9.91 Å². The van der Waals surface area contributed by atoms with E-state index in [4.69, 9.17) is 21.7 Å². The van der Waals surface area contributed by atoms with Crippen molar-refractivity contribution in [2.75, 3.05) is 13.1 Å². The Bertz CT molecular complexity index is 1350. The monoisotopic (exact) mass is 521 g/mol. The molecule has 0 saturated carbocycles. The molecule has 2 aromatic rings. The summed E-state index contributed by atoms with van der Waals surface area (Å²) < 4.78 is 5.86. The summed E-state index contributed by atoms with van der Waals surface area (Å²) in [5.41, 5.74) is 2.92. The minimum absolute atomic E-state index is 0.00664. The maximum absolute atomic E-state index is 12.7. The molecule has 0 radical (unpaired) electrons. The summed E-state index contributed by atoms with van der Waals surface area (Å²) in [6.07, 6.45) is 3.73.